The van der Waals surface area contributed by atoms with Gasteiger partial charge in [-0.1, -0.05) is 24.6 Å². The van der Waals surface area contributed by atoms with Crippen molar-refractivity contribution >= 4 is 11.6 Å². The van der Waals surface area contributed by atoms with Crippen molar-refractivity contribution in [2.24, 2.45) is 0 Å². The van der Waals surface area contributed by atoms with Gasteiger partial charge in [-0.3, -0.25) is 0 Å². The molecule has 0 aliphatic heterocycles. The molecule has 0 heterocycles. The maximum Gasteiger partial charge on any atom is 0.126 e. The first-order valence-corrected chi connectivity index (χ1v) is 4.68. The van der Waals surface area contributed by atoms with E-state index in [1.54, 1.807) is 6.07 Å². The number of halogens is 1. The van der Waals surface area contributed by atoms with Crippen LogP contribution in [0.5, 0.6) is 5.75 Å². The molecule has 1 rings (SSSR count). The lowest BCUT2D eigenvalue weighted by Gasteiger charge is -2.09. The molecule has 1 aromatic rings. The fourth-order valence-corrected chi connectivity index (χ4v) is 1.27. The summed E-state index contributed by atoms with van der Waals surface area (Å²) in [5.74, 6) is 0.678. The van der Waals surface area contributed by atoms with E-state index in [0.29, 0.717) is 22.9 Å². The van der Waals surface area contributed by atoms with Crippen LogP contribution in [0.4, 0.5) is 0 Å². The van der Waals surface area contributed by atoms with Gasteiger partial charge in [0.15, 0.2) is 0 Å². The van der Waals surface area contributed by atoms with E-state index in [1.807, 2.05) is 19.1 Å². The molecule has 0 spiro atoms. The van der Waals surface area contributed by atoms with Crippen LogP contribution in [0, 0.1) is 0 Å². The normalized spacial score (nSPS) is 10.1. The average molecular weight is 201 g/mol. The zero-order valence-corrected chi connectivity index (χ0v) is 8.34. The molecule has 0 aliphatic rings. The van der Waals surface area contributed by atoms with Gasteiger partial charge in [-0.25, -0.2) is 0 Å². The smallest absolute Gasteiger partial charge is 0.126 e. The fraction of sp³-hybridized carbons (Fsp3) is 0.400. The summed E-state index contributed by atoms with van der Waals surface area (Å²) in [5.41, 5.74) is 0.664. The second-order valence-electron chi connectivity index (χ2n) is 2.72. The van der Waals surface area contributed by atoms with Crippen molar-refractivity contribution in [3.63, 3.8) is 0 Å². The largest absolute Gasteiger partial charge is 0.493 e. The lowest BCUT2D eigenvalue weighted by Crippen LogP contribution is -1.99. The van der Waals surface area contributed by atoms with Gasteiger partial charge < -0.3 is 9.84 Å². The molecule has 72 valence electrons. The minimum atomic E-state index is -0.0846. The molecule has 0 saturated heterocycles. The minimum Gasteiger partial charge on any atom is -0.493 e. The van der Waals surface area contributed by atoms with Gasteiger partial charge >= 0.3 is 0 Å². The lowest BCUT2D eigenvalue weighted by molar-refractivity contribution is 0.263. The van der Waals surface area contributed by atoms with Crippen LogP contribution in [0.3, 0.4) is 0 Å². The molecule has 0 saturated carbocycles. The summed E-state index contributed by atoms with van der Waals surface area (Å²) < 4.78 is 5.41. The summed E-state index contributed by atoms with van der Waals surface area (Å²) in [6.07, 6.45) is 0.942. The Morgan fingerprint density at radius 1 is 1.46 bits per heavy atom. The highest BCUT2D eigenvalue weighted by Crippen LogP contribution is 2.26. The van der Waals surface area contributed by atoms with Crippen LogP contribution in [0.2, 0.25) is 5.02 Å². The quantitative estimate of drug-likeness (QED) is 0.810. The Morgan fingerprint density at radius 2 is 2.23 bits per heavy atom. The monoisotopic (exact) mass is 200 g/mol. The summed E-state index contributed by atoms with van der Waals surface area (Å²) in [4.78, 5) is 0. The van der Waals surface area contributed by atoms with E-state index >= 15 is 0 Å². The third kappa shape index (κ3) is 2.61. The second kappa shape index (κ2) is 5.10. The molecule has 0 amide bonds. The zero-order valence-electron chi connectivity index (χ0n) is 7.59. The molecule has 13 heavy (non-hydrogen) atoms. The van der Waals surface area contributed by atoms with Crippen molar-refractivity contribution in [3.05, 3.63) is 28.8 Å². The highest BCUT2D eigenvalue weighted by atomic mass is 35.5. The Kier molecular flexibility index (Phi) is 4.06. The Hall–Kier alpha value is -0.730. The Balaban J connectivity index is 2.85. The Bertz CT molecular complexity index is 274. The van der Waals surface area contributed by atoms with Crippen LogP contribution in [0.15, 0.2) is 18.2 Å². The van der Waals surface area contributed by atoms with Gasteiger partial charge in [0.25, 0.3) is 0 Å². The summed E-state index contributed by atoms with van der Waals surface area (Å²) >= 11 is 5.87. The zero-order chi connectivity index (χ0) is 9.68. The van der Waals surface area contributed by atoms with Crippen LogP contribution >= 0.6 is 11.6 Å². The summed E-state index contributed by atoms with van der Waals surface area (Å²) in [5, 5.41) is 9.59. The highest BCUT2D eigenvalue weighted by Gasteiger charge is 2.05. The second-order valence-corrected chi connectivity index (χ2v) is 3.13. The van der Waals surface area contributed by atoms with Gasteiger partial charge in [0.1, 0.15) is 5.75 Å². The van der Waals surface area contributed by atoms with Crippen molar-refractivity contribution < 1.29 is 9.84 Å². The van der Waals surface area contributed by atoms with Crippen LogP contribution in [-0.4, -0.2) is 11.7 Å². The number of hydrogen-bond donors (Lipinski definition) is 1. The molecule has 0 fully saturated rings. The average Bonchev–Trinajstić information content (AvgIpc) is 2.15. The molecule has 0 aromatic heterocycles. The third-order valence-corrected chi connectivity index (χ3v) is 2.05. The highest BCUT2D eigenvalue weighted by molar-refractivity contribution is 6.31. The lowest BCUT2D eigenvalue weighted by atomic mass is 10.2. The van der Waals surface area contributed by atoms with E-state index in [-0.39, 0.29) is 6.61 Å². The molecule has 0 atom stereocenters. The molecule has 0 bridgehead atoms. The van der Waals surface area contributed by atoms with Crippen molar-refractivity contribution in [1.82, 2.24) is 0 Å². The van der Waals surface area contributed by atoms with Gasteiger partial charge in [-0.05, 0) is 18.6 Å². The van der Waals surface area contributed by atoms with Crippen LogP contribution in [0.1, 0.15) is 18.9 Å². The van der Waals surface area contributed by atoms with Crippen molar-refractivity contribution in [3.8, 4) is 5.75 Å². The van der Waals surface area contributed by atoms with E-state index in [1.165, 1.54) is 0 Å². The standard InChI is InChI=1S/C10H13ClO2/c1-2-6-13-10-5-3-4-9(11)8(10)7-12/h3-5,12H,2,6-7H2,1H3. The van der Waals surface area contributed by atoms with Crippen molar-refractivity contribution in [1.29, 1.82) is 0 Å². The number of hydrogen-bond acceptors (Lipinski definition) is 2. The van der Waals surface area contributed by atoms with Crippen molar-refractivity contribution in [2.45, 2.75) is 20.0 Å². The summed E-state index contributed by atoms with van der Waals surface area (Å²) in [6.45, 7) is 2.59. The van der Waals surface area contributed by atoms with Gasteiger partial charge in [-0.2, -0.15) is 0 Å². The summed E-state index contributed by atoms with van der Waals surface area (Å²) in [6, 6.07) is 5.37. The predicted molar refractivity (Wildman–Crippen MR) is 53.2 cm³/mol. The SMILES string of the molecule is CCCOc1cccc(Cl)c1CO. The van der Waals surface area contributed by atoms with Crippen molar-refractivity contribution in [2.75, 3.05) is 6.61 Å². The molecule has 2 nitrogen and oxygen atoms in total. The topological polar surface area (TPSA) is 29.5 Å². The fourth-order valence-electron chi connectivity index (χ4n) is 1.04. The molecule has 0 aliphatic carbocycles. The number of benzene rings is 1. The predicted octanol–water partition coefficient (Wildman–Crippen LogP) is 2.62. The molecule has 0 unspecified atom stereocenters. The molecule has 1 N–H and O–H groups in total. The maximum atomic E-state index is 9.03. The minimum absolute atomic E-state index is 0.0846. The van der Waals surface area contributed by atoms with Crippen LogP contribution < -0.4 is 4.74 Å². The molecule has 1 aromatic carbocycles. The van der Waals surface area contributed by atoms with Gasteiger partial charge in [0, 0.05) is 10.6 Å². The third-order valence-electron chi connectivity index (χ3n) is 1.70. The van der Waals surface area contributed by atoms with Crippen LogP contribution in [-0.2, 0) is 6.61 Å². The van der Waals surface area contributed by atoms with E-state index < -0.39 is 0 Å². The Labute approximate surface area is 83.1 Å². The summed E-state index contributed by atoms with van der Waals surface area (Å²) in [7, 11) is 0. The maximum absolute atomic E-state index is 9.03. The molecule has 3 heteroatoms. The van der Waals surface area contributed by atoms with E-state index in [9.17, 15) is 0 Å². The first kappa shape index (κ1) is 10.4. The molecule has 0 radical (unpaired) electrons. The Morgan fingerprint density at radius 3 is 2.85 bits per heavy atom. The van der Waals surface area contributed by atoms with Crippen LogP contribution in [0.25, 0.3) is 0 Å². The van der Waals surface area contributed by atoms with E-state index in [0.717, 1.165) is 6.42 Å². The van der Waals surface area contributed by atoms with E-state index in [4.69, 9.17) is 21.4 Å². The first-order valence-electron chi connectivity index (χ1n) is 4.30. The molecular weight excluding hydrogens is 188 g/mol. The number of aliphatic hydroxyl groups excluding tert-OH is 1. The number of ether oxygens (including phenoxy) is 1. The molecular formula is C10H13ClO2. The van der Waals surface area contributed by atoms with Gasteiger partial charge in [0.2, 0.25) is 0 Å². The first-order chi connectivity index (χ1) is 6.29. The van der Waals surface area contributed by atoms with Gasteiger partial charge in [0.05, 0.1) is 13.2 Å². The number of rotatable bonds is 4. The van der Waals surface area contributed by atoms with Gasteiger partial charge in [-0.15, -0.1) is 0 Å². The number of aliphatic hydroxyl groups is 1. The van der Waals surface area contributed by atoms with E-state index in [2.05, 4.69) is 0 Å².